The summed E-state index contributed by atoms with van der Waals surface area (Å²) in [6.45, 7) is 1.27. The first-order valence-corrected chi connectivity index (χ1v) is 6.27. The second-order valence-electron chi connectivity index (χ2n) is 4.20. The number of rotatable bonds is 6. The van der Waals surface area contributed by atoms with Gasteiger partial charge in [0, 0.05) is 13.1 Å². The molecule has 100 valence electrons. The Morgan fingerprint density at radius 2 is 2.22 bits per heavy atom. The molecule has 18 heavy (non-hydrogen) atoms. The highest BCUT2D eigenvalue weighted by Gasteiger charge is 2.19. The Morgan fingerprint density at radius 1 is 1.56 bits per heavy atom. The minimum atomic E-state index is -0.979. The molecule has 0 fully saturated rings. The average molecular weight is 319 g/mol. The van der Waals surface area contributed by atoms with Crippen LogP contribution in [0.3, 0.4) is 0 Å². The summed E-state index contributed by atoms with van der Waals surface area (Å²) in [6, 6.07) is 3.38. The van der Waals surface area contributed by atoms with Crippen LogP contribution in [0.15, 0.2) is 22.7 Å². The van der Waals surface area contributed by atoms with Gasteiger partial charge in [0.2, 0.25) is 0 Å². The minimum Gasteiger partial charge on any atom is -0.480 e. The summed E-state index contributed by atoms with van der Waals surface area (Å²) in [4.78, 5) is 13.1. The highest BCUT2D eigenvalue weighted by atomic mass is 79.9. The van der Waals surface area contributed by atoms with Gasteiger partial charge in [-0.25, -0.2) is 4.39 Å². The summed E-state index contributed by atoms with van der Waals surface area (Å²) < 4.78 is 13.4. The lowest BCUT2D eigenvalue weighted by atomic mass is 10.1. The third-order valence-electron chi connectivity index (χ3n) is 2.43. The lowest BCUT2D eigenvalue weighted by Crippen LogP contribution is -2.33. The lowest BCUT2D eigenvalue weighted by molar-refractivity contribution is -0.139. The minimum absolute atomic E-state index is 0.264. The Kier molecular flexibility index (Phi) is 5.71. The van der Waals surface area contributed by atoms with Crippen molar-refractivity contribution in [1.29, 1.82) is 0 Å². The van der Waals surface area contributed by atoms with Crippen molar-refractivity contribution >= 4 is 21.9 Å². The second-order valence-corrected chi connectivity index (χ2v) is 5.06. The van der Waals surface area contributed by atoms with E-state index in [2.05, 4.69) is 21.2 Å². The van der Waals surface area contributed by atoms with E-state index in [1.807, 2.05) is 19.0 Å². The van der Waals surface area contributed by atoms with Crippen LogP contribution in [0, 0.1) is 5.82 Å². The molecule has 0 aliphatic heterocycles. The molecule has 4 nitrogen and oxygen atoms in total. The van der Waals surface area contributed by atoms with Crippen LogP contribution in [0.2, 0.25) is 0 Å². The molecule has 0 radical (unpaired) electrons. The van der Waals surface area contributed by atoms with E-state index in [4.69, 9.17) is 5.11 Å². The SMILES string of the molecule is CN(C)CCNC(C(=O)O)c1ccc(F)c(Br)c1. The average Bonchev–Trinajstić information content (AvgIpc) is 2.27. The van der Waals surface area contributed by atoms with Crippen molar-refractivity contribution < 1.29 is 14.3 Å². The predicted molar refractivity (Wildman–Crippen MR) is 71.0 cm³/mol. The molecular weight excluding hydrogens is 303 g/mol. The van der Waals surface area contributed by atoms with Crippen LogP contribution < -0.4 is 5.32 Å². The molecule has 0 saturated carbocycles. The number of halogens is 2. The summed E-state index contributed by atoms with van der Waals surface area (Å²) in [5.74, 6) is -1.39. The van der Waals surface area contributed by atoms with Gasteiger partial charge in [0.25, 0.3) is 0 Å². The van der Waals surface area contributed by atoms with Crippen molar-refractivity contribution in [2.45, 2.75) is 6.04 Å². The van der Waals surface area contributed by atoms with E-state index in [0.717, 1.165) is 6.54 Å². The number of nitrogens with one attached hydrogen (secondary N) is 1. The van der Waals surface area contributed by atoms with Gasteiger partial charge in [-0.1, -0.05) is 6.07 Å². The van der Waals surface area contributed by atoms with Crippen LogP contribution in [0.5, 0.6) is 0 Å². The number of benzene rings is 1. The van der Waals surface area contributed by atoms with Crippen molar-refractivity contribution in [2.24, 2.45) is 0 Å². The Balaban J connectivity index is 2.78. The molecule has 1 atom stereocenters. The molecule has 0 spiro atoms. The molecule has 1 aromatic rings. The van der Waals surface area contributed by atoms with E-state index >= 15 is 0 Å². The normalized spacial score (nSPS) is 12.7. The number of carbonyl (C=O) groups is 1. The number of carboxylic acids is 1. The largest absolute Gasteiger partial charge is 0.480 e. The van der Waals surface area contributed by atoms with Gasteiger partial charge >= 0.3 is 5.97 Å². The van der Waals surface area contributed by atoms with Gasteiger partial charge < -0.3 is 10.0 Å². The van der Waals surface area contributed by atoms with E-state index in [9.17, 15) is 9.18 Å². The van der Waals surface area contributed by atoms with E-state index < -0.39 is 17.8 Å². The molecule has 6 heteroatoms. The Bertz CT molecular complexity index is 427. The van der Waals surface area contributed by atoms with Gasteiger partial charge in [0.15, 0.2) is 0 Å². The third kappa shape index (κ3) is 4.36. The molecule has 0 aliphatic rings. The zero-order valence-corrected chi connectivity index (χ0v) is 11.9. The van der Waals surface area contributed by atoms with Crippen LogP contribution in [-0.2, 0) is 4.79 Å². The van der Waals surface area contributed by atoms with E-state index in [1.165, 1.54) is 18.2 Å². The molecule has 0 aromatic heterocycles. The first kappa shape index (κ1) is 15.1. The zero-order chi connectivity index (χ0) is 13.7. The van der Waals surface area contributed by atoms with Gasteiger partial charge in [-0.3, -0.25) is 10.1 Å². The molecule has 2 N–H and O–H groups in total. The van der Waals surface area contributed by atoms with Crippen molar-refractivity contribution in [3.8, 4) is 0 Å². The maximum atomic E-state index is 13.1. The monoisotopic (exact) mass is 318 g/mol. The summed E-state index contributed by atoms with van der Waals surface area (Å²) in [7, 11) is 3.82. The third-order valence-corrected chi connectivity index (χ3v) is 3.04. The summed E-state index contributed by atoms with van der Waals surface area (Å²) in [6.07, 6.45) is 0. The quantitative estimate of drug-likeness (QED) is 0.840. The highest BCUT2D eigenvalue weighted by Crippen LogP contribution is 2.21. The highest BCUT2D eigenvalue weighted by molar-refractivity contribution is 9.10. The fourth-order valence-corrected chi connectivity index (χ4v) is 1.87. The fraction of sp³-hybridized carbons (Fsp3) is 0.417. The fourth-order valence-electron chi connectivity index (χ4n) is 1.47. The molecule has 0 amide bonds. The maximum Gasteiger partial charge on any atom is 0.325 e. The molecule has 0 aliphatic carbocycles. The number of nitrogens with zero attached hydrogens (tertiary/aromatic N) is 1. The first-order chi connectivity index (χ1) is 8.41. The van der Waals surface area contributed by atoms with Gasteiger partial charge in [-0.2, -0.15) is 0 Å². The first-order valence-electron chi connectivity index (χ1n) is 5.47. The van der Waals surface area contributed by atoms with Crippen LogP contribution in [0.1, 0.15) is 11.6 Å². The smallest absolute Gasteiger partial charge is 0.325 e. The van der Waals surface area contributed by atoms with Crippen LogP contribution in [0.25, 0.3) is 0 Å². The summed E-state index contributed by atoms with van der Waals surface area (Å²) in [5.41, 5.74) is 0.523. The van der Waals surface area contributed by atoms with E-state index in [-0.39, 0.29) is 4.47 Å². The Labute approximate surface area is 114 Å². The van der Waals surface area contributed by atoms with Crippen molar-refractivity contribution in [3.05, 3.63) is 34.1 Å². The molecule has 1 aromatic carbocycles. The van der Waals surface area contributed by atoms with Crippen LogP contribution >= 0.6 is 15.9 Å². The molecule has 0 heterocycles. The van der Waals surface area contributed by atoms with Crippen LogP contribution in [-0.4, -0.2) is 43.2 Å². The van der Waals surface area contributed by atoms with Crippen LogP contribution in [0.4, 0.5) is 4.39 Å². The summed E-state index contributed by atoms with van der Waals surface area (Å²) >= 11 is 3.05. The van der Waals surface area contributed by atoms with Crippen molar-refractivity contribution in [3.63, 3.8) is 0 Å². The number of carboxylic acid groups (broad SMARTS) is 1. The number of likely N-dealkylation sites (N-methyl/N-ethyl adjacent to an activating group) is 1. The topological polar surface area (TPSA) is 52.6 Å². The van der Waals surface area contributed by atoms with E-state index in [1.54, 1.807) is 0 Å². The van der Waals surface area contributed by atoms with Crippen molar-refractivity contribution in [2.75, 3.05) is 27.2 Å². The predicted octanol–water partition coefficient (Wildman–Crippen LogP) is 1.87. The second kappa shape index (κ2) is 6.82. The molecular formula is C12H16BrFN2O2. The summed E-state index contributed by atoms with van der Waals surface area (Å²) in [5, 5.41) is 12.1. The van der Waals surface area contributed by atoms with Crippen molar-refractivity contribution in [1.82, 2.24) is 10.2 Å². The van der Waals surface area contributed by atoms with E-state index in [0.29, 0.717) is 12.1 Å². The molecule has 1 unspecified atom stereocenters. The van der Waals surface area contributed by atoms with Gasteiger partial charge in [0.1, 0.15) is 11.9 Å². The van der Waals surface area contributed by atoms with Gasteiger partial charge in [-0.15, -0.1) is 0 Å². The number of aliphatic carboxylic acids is 1. The molecule has 0 saturated heterocycles. The van der Waals surface area contributed by atoms with Gasteiger partial charge in [-0.05, 0) is 47.7 Å². The Hall–Kier alpha value is -0.980. The number of hydrogen-bond acceptors (Lipinski definition) is 3. The van der Waals surface area contributed by atoms with Gasteiger partial charge in [0.05, 0.1) is 4.47 Å². The maximum absolute atomic E-state index is 13.1. The Morgan fingerprint density at radius 3 is 2.72 bits per heavy atom. The number of hydrogen-bond donors (Lipinski definition) is 2. The lowest BCUT2D eigenvalue weighted by Gasteiger charge is -2.17. The molecule has 0 bridgehead atoms. The zero-order valence-electron chi connectivity index (χ0n) is 10.3. The molecule has 1 rings (SSSR count). The standard InChI is InChI=1S/C12H16BrFN2O2/c1-16(2)6-5-15-11(12(17)18)8-3-4-10(14)9(13)7-8/h3-4,7,11,15H,5-6H2,1-2H3,(H,17,18).